The van der Waals surface area contributed by atoms with Crippen molar-refractivity contribution in [2.75, 3.05) is 6.54 Å². The molecule has 1 aliphatic rings. The molecule has 8 nitrogen and oxygen atoms in total. The Morgan fingerprint density at radius 2 is 1.97 bits per heavy atom. The summed E-state index contributed by atoms with van der Waals surface area (Å²) in [5.41, 5.74) is -1.62. The second-order valence-electron chi connectivity index (χ2n) is 8.33. The number of hydrogen-bond acceptors (Lipinski definition) is 5. The zero-order valence-electron chi connectivity index (χ0n) is 17.0. The number of amides is 2. The highest BCUT2D eigenvalue weighted by Gasteiger charge is 2.42. The minimum absolute atomic E-state index is 0.117. The molecular weight excluding hydrogens is 381 g/mol. The Bertz CT molecular complexity index is 830. The van der Waals surface area contributed by atoms with Crippen LogP contribution in [0.25, 0.3) is 6.08 Å². The van der Waals surface area contributed by atoms with Gasteiger partial charge in [0.25, 0.3) is 5.69 Å². The molecule has 0 heterocycles. The van der Waals surface area contributed by atoms with Gasteiger partial charge in [-0.2, -0.15) is 0 Å². The van der Waals surface area contributed by atoms with Gasteiger partial charge in [-0.05, 0) is 64.7 Å². The van der Waals surface area contributed by atoms with Gasteiger partial charge in [-0.15, -0.1) is 0 Å². The van der Waals surface area contributed by atoms with Crippen LogP contribution in [0.2, 0.25) is 0 Å². The third-order valence-electron chi connectivity index (χ3n) is 4.49. The molecule has 0 saturated heterocycles. The van der Waals surface area contributed by atoms with Crippen LogP contribution in [0.3, 0.4) is 0 Å². The molecule has 2 rings (SSSR count). The molecule has 1 aromatic rings. The van der Waals surface area contributed by atoms with Gasteiger partial charge in [0.15, 0.2) is 0 Å². The first-order chi connectivity index (χ1) is 13.4. The van der Waals surface area contributed by atoms with Crippen LogP contribution in [0.1, 0.15) is 46.1 Å². The average molecular weight is 407 g/mol. The van der Waals surface area contributed by atoms with E-state index in [0.717, 1.165) is 31.1 Å². The van der Waals surface area contributed by atoms with Crippen LogP contribution < -0.4 is 10.6 Å². The topological polar surface area (TPSA) is 111 Å². The number of carbonyl (C=O) groups excluding carboxylic acids is 2. The van der Waals surface area contributed by atoms with Crippen LogP contribution in [0.4, 0.5) is 14.9 Å². The van der Waals surface area contributed by atoms with Crippen molar-refractivity contribution in [3.63, 3.8) is 0 Å². The highest BCUT2D eigenvalue weighted by molar-refractivity contribution is 5.93. The van der Waals surface area contributed by atoms with Crippen LogP contribution in [0, 0.1) is 21.8 Å². The molecular formula is C20H26FN3O5. The largest absolute Gasteiger partial charge is 0.444 e. The van der Waals surface area contributed by atoms with Crippen molar-refractivity contribution in [2.45, 2.75) is 51.7 Å². The second-order valence-corrected chi connectivity index (χ2v) is 8.33. The summed E-state index contributed by atoms with van der Waals surface area (Å²) < 4.78 is 18.4. The molecule has 0 aromatic heterocycles. The highest BCUT2D eigenvalue weighted by atomic mass is 19.1. The van der Waals surface area contributed by atoms with Gasteiger partial charge in [0.1, 0.15) is 11.4 Å². The first kappa shape index (κ1) is 22.3. The Balaban J connectivity index is 2.04. The van der Waals surface area contributed by atoms with E-state index in [-0.39, 0.29) is 18.0 Å². The zero-order valence-corrected chi connectivity index (χ0v) is 17.0. The standard InChI is InChI=1S/C20H26FN3O5/c1-19(2,3)29-18(26)22-12-20(4,14-7-8-14)23-17(25)10-6-13-5-9-15(21)11-16(13)24(27)28/h5-6,9-11,14H,7-8,12H2,1-4H3,(H,22,26)(H,23,25)/b10-6+. The molecule has 0 spiro atoms. The van der Waals surface area contributed by atoms with Crippen molar-refractivity contribution in [1.29, 1.82) is 0 Å². The molecule has 9 heteroatoms. The maximum atomic E-state index is 13.2. The Morgan fingerprint density at radius 3 is 2.52 bits per heavy atom. The van der Waals surface area contributed by atoms with Crippen molar-refractivity contribution in [1.82, 2.24) is 10.6 Å². The number of benzene rings is 1. The summed E-state index contributed by atoms with van der Waals surface area (Å²) in [6.07, 6.45) is 3.69. The number of ether oxygens (including phenoxy) is 1. The van der Waals surface area contributed by atoms with E-state index in [2.05, 4.69) is 10.6 Å². The van der Waals surface area contributed by atoms with Gasteiger partial charge < -0.3 is 15.4 Å². The van der Waals surface area contributed by atoms with Crippen LogP contribution in [-0.4, -0.2) is 34.6 Å². The fraction of sp³-hybridized carbons (Fsp3) is 0.500. The molecule has 1 saturated carbocycles. The van der Waals surface area contributed by atoms with Gasteiger partial charge in [0.2, 0.25) is 5.91 Å². The molecule has 0 bridgehead atoms. The van der Waals surface area contributed by atoms with Crippen molar-refractivity contribution >= 4 is 23.8 Å². The van der Waals surface area contributed by atoms with Gasteiger partial charge in [-0.25, -0.2) is 9.18 Å². The zero-order chi connectivity index (χ0) is 21.8. The van der Waals surface area contributed by atoms with Crippen molar-refractivity contribution in [2.24, 2.45) is 5.92 Å². The second kappa shape index (κ2) is 8.59. The van der Waals surface area contributed by atoms with E-state index in [1.165, 1.54) is 12.1 Å². The molecule has 1 unspecified atom stereocenters. The smallest absolute Gasteiger partial charge is 0.407 e. The molecule has 1 aliphatic carbocycles. The fourth-order valence-electron chi connectivity index (χ4n) is 2.89. The molecule has 29 heavy (non-hydrogen) atoms. The molecule has 1 fully saturated rings. The minimum atomic E-state index is -0.729. The van der Waals surface area contributed by atoms with E-state index in [0.29, 0.717) is 0 Å². The Kier molecular flexibility index (Phi) is 6.61. The molecule has 0 aliphatic heterocycles. The van der Waals surface area contributed by atoms with E-state index < -0.39 is 39.6 Å². The highest BCUT2D eigenvalue weighted by Crippen LogP contribution is 2.39. The SMILES string of the molecule is CC(C)(C)OC(=O)NCC(C)(NC(=O)/C=C/c1ccc(F)cc1[N+](=O)[O-])C1CC1. The number of nitro benzene ring substituents is 1. The quantitative estimate of drug-likeness (QED) is 0.408. The predicted molar refractivity (Wildman–Crippen MR) is 106 cm³/mol. The summed E-state index contributed by atoms with van der Waals surface area (Å²) in [7, 11) is 0. The summed E-state index contributed by atoms with van der Waals surface area (Å²) in [4.78, 5) is 34.7. The fourth-order valence-corrected chi connectivity index (χ4v) is 2.89. The van der Waals surface area contributed by atoms with Gasteiger partial charge in [0.05, 0.1) is 22.1 Å². The number of nitro groups is 1. The summed E-state index contributed by atoms with van der Waals surface area (Å²) in [6, 6.07) is 3.13. The van der Waals surface area contributed by atoms with Crippen molar-refractivity contribution in [3.8, 4) is 0 Å². The van der Waals surface area contributed by atoms with Gasteiger partial charge in [-0.1, -0.05) is 0 Å². The van der Waals surface area contributed by atoms with Crippen molar-refractivity contribution in [3.05, 3.63) is 45.8 Å². The Hall–Kier alpha value is -2.97. The number of nitrogens with zero attached hydrogens (tertiary/aromatic N) is 1. The monoisotopic (exact) mass is 407 g/mol. The third kappa shape index (κ3) is 6.85. The van der Waals surface area contributed by atoms with Gasteiger partial charge in [-0.3, -0.25) is 14.9 Å². The third-order valence-corrected chi connectivity index (χ3v) is 4.49. The van der Waals surface area contributed by atoms with E-state index in [4.69, 9.17) is 4.74 Å². The van der Waals surface area contributed by atoms with Gasteiger partial charge in [0, 0.05) is 12.6 Å². The first-order valence-corrected chi connectivity index (χ1v) is 9.31. The van der Waals surface area contributed by atoms with Crippen LogP contribution in [-0.2, 0) is 9.53 Å². The predicted octanol–water partition coefficient (Wildman–Crippen LogP) is 3.56. The van der Waals surface area contributed by atoms with Gasteiger partial charge >= 0.3 is 6.09 Å². The summed E-state index contributed by atoms with van der Waals surface area (Å²) in [5, 5.41) is 16.6. The van der Waals surface area contributed by atoms with Crippen molar-refractivity contribution < 1.29 is 23.6 Å². The van der Waals surface area contributed by atoms with E-state index in [1.807, 2.05) is 6.92 Å². The number of halogens is 1. The lowest BCUT2D eigenvalue weighted by Crippen LogP contribution is -2.55. The van der Waals surface area contributed by atoms with E-state index in [9.17, 15) is 24.1 Å². The summed E-state index contributed by atoms with van der Waals surface area (Å²) in [5.74, 6) is -0.994. The maximum Gasteiger partial charge on any atom is 0.407 e. The summed E-state index contributed by atoms with van der Waals surface area (Å²) in [6.45, 7) is 7.28. The van der Waals surface area contributed by atoms with Crippen LogP contribution in [0.15, 0.2) is 24.3 Å². The lowest BCUT2D eigenvalue weighted by atomic mass is 9.95. The molecule has 2 N–H and O–H groups in total. The molecule has 1 atom stereocenters. The maximum absolute atomic E-state index is 13.2. The van der Waals surface area contributed by atoms with E-state index in [1.54, 1.807) is 20.8 Å². The lowest BCUT2D eigenvalue weighted by molar-refractivity contribution is -0.385. The van der Waals surface area contributed by atoms with Crippen LogP contribution >= 0.6 is 0 Å². The first-order valence-electron chi connectivity index (χ1n) is 9.31. The number of rotatable bonds is 7. The molecule has 2 amide bonds. The number of hydrogen-bond donors (Lipinski definition) is 2. The normalized spacial score (nSPS) is 16.2. The van der Waals surface area contributed by atoms with E-state index >= 15 is 0 Å². The molecule has 1 aromatic carbocycles. The Morgan fingerprint density at radius 1 is 1.31 bits per heavy atom. The summed E-state index contributed by atoms with van der Waals surface area (Å²) >= 11 is 0. The number of alkyl carbamates (subject to hydrolysis) is 1. The number of carbonyl (C=O) groups is 2. The number of nitrogens with one attached hydrogen (secondary N) is 2. The average Bonchev–Trinajstić information content (AvgIpc) is 3.43. The van der Waals surface area contributed by atoms with Crippen LogP contribution in [0.5, 0.6) is 0 Å². The molecule has 0 radical (unpaired) electrons. The minimum Gasteiger partial charge on any atom is -0.444 e. The Labute approximate surface area is 168 Å². The molecule has 158 valence electrons. The lowest BCUT2D eigenvalue weighted by Gasteiger charge is -2.31.